The Bertz CT molecular complexity index is 347. The molecule has 0 saturated carbocycles. The zero-order chi connectivity index (χ0) is 11.4. The Balaban J connectivity index is 2.04. The van der Waals surface area contributed by atoms with Gasteiger partial charge in [-0.1, -0.05) is 12.1 Å². The van der Waals surface area contributed by atoms with Crippen LogP contribution in [0.25, 0.3) is 0 Å². The van der Waals surface area contributed by atoms with E-state index in [1.165, 1.54) is 0 Å². The van der Waals surface area contributed by atoms with Crippen LogP contribution >= 0.6 is 0 Å². The fourth-order valence-electron chi connectivity index (χ4n) is 1.97. The van der Waals surface area contributed by atoms with E-state index < -0.39 is 11.6 Å². The Kier molecular flexibility index (Phi) is 3.85. The molecule has 88 valence electrons. The summed E-state index contributed by atoms with van der Waals surface area (Å²) in [5.41, 5.74) is 0.446. The van der Waals surface area contributed by atoms with E-state index in [4.69, 9.17) is 0 Å². The van der Waals surface area contributed by atoms with Crippen molar-refractivity contribution in [1.82, 2.24) is 10.2 Å². The Morgan fingerprint density at radius 2 is 2.06 bits per heavy atom. The molecule has 1 aliphatic rings. The van der Waals surface area contributed by atoms with Crippen molar-refractivity contribution in [2.75, 3.05) is 26.2 Å². The molecule has 0 bridgehead atoms. The van der Waals surface area contributed by atoms with Crippen LogP contribution in [0.1, 0.15) is 12.0 Å². The zero-order valence-corrected chi connectivity index (χ0v) is 9.18. The van der Waals surface area contributed by atoms with E-state index in [1.54, 1.807) is 12.1 Å². The Labute approximate surface area is 94.3 Å². The van der Waals surface area contributed by atoms with E-state index in [2.05, 4.69) is 10.2 Å². The minimum absolute atomic E-state index is 0.446. The van der Waals surface area contributed by atoms with E-state index in [9.17, 15) is 8.78 Å². The zero-order valence-electron chi connectivity index (χ0n) is 9.18. The molecule has 16 heavy (non-hydrogen) atoms. The third-order valence-electron chi connectivity index (χ3n) is 2.86. The van der Waals surface area contributed by atoms with E-state index in [1.807, 2.05) is 0 Å². The minimum atomic E-state index is -0.759. The Morgan fingerprint density at radius 1 is 1.19 bits per heavy atom. The van der Waals surface area contributed by atoms with Gasteiger partial charge in [0, 0.05) is 25.2 Å². The van der Waals surface area contributed by atoms with Crippen LogP contribution in [0.2, 0.25) is 0 Å². The third-order valence-corrected chi connectivity index (χ3v) is 2.86. The fraction of sp³-hybridized carbons (Fsp3) is 0.500. The van der Waals surface area contributed by atoms with Crippen LogP contribution in [0.4, 0.5) is 8.78 Å². The molecule has 2 nitrogen and oxygen atoms in total. The Morgan fingerprint density at radius 3 is 2.94 bits per heavy atom. The average Bonchev–Trinajstić information content (AvgIpc) is 2.53. The summed E-state index contributed by atoms with van der Waals surface area (Å²) in [6.45, 7) is 4.23. The summed E-state index contributed by atoms with van der Waals surface area (Å²) in [6.07, 6.45) is 1.05. The van der Waals surface area contributed by atoms with Crippen molar-refractivity contribution >= 4 is 0 Å². The number of benzene rings is 1. The lowest BCUT2D eigenvalue weighted by molar-refractivity contribution is 0.278. The maximum atomic E-state index is 13.4. The second kappa shape index (κ2) is 5.37. The molecule has 0 radical (unpaired) electrons. The molecule has 1 aromatic carbocycles. The van der Waals surface area contributed by atoms with Gasteiger partial charge in [0.15, 0.2) is 11.6 Å². The molecule has 0 amide bonds. The number of halogens is 2. The predicted molar refractivity (Wildman–Crippen MR) is 59.1 cm³/mol. The van der Waals surface area contributed by atoms with E-state index in [0.29, 0.717) is 12.1 Å². The summed E-state index contributed by atoms with van der Waals surface area (Å²) in [5, 5.41) is 3.28. The van der Waals surface area contributed by atoms with Gasteiger partial charge in [0.05, 0.1) is 0 Å². The van der Waals surface area contributed by atoms with E-state index in [-0.39, 0.29) is 0 Å². The van der Waals surface area contributed by atoms with Crippen LogP contribution in [-0.4, -0.2) is 31.1 Å². The topological polar surface area (TPSA) is 15.3 Å². The molecule has 1 fully saturated rings. The first-order valence-electron chi connectivity index (χ1n) is 5.63. The lowest BCUT2D eigenvalue weighted by Gasteiger charge is -2.19. The van der Waals surface area contributed by atoms with Gasteiger partial charge < -0.3 is 5.32 Å². The number of hydrogen-bond donors (Lipinski definition) is 1. The summed E-state index contributed by atoms with van der Waals surface area (Å²) in [6, 6.07) is 4.36. The van der Waals surface area contributed by atoms with Gasteiger partial charge >= 0.3 is 0 Å². The number of rotatable bonds is 2. The highest BCUT2D eigenvalue weighted by Crippen LogP contribution is 2.14. The van der Waals surface area contributed by atoms with Crippen LogP contribution in [0, 0.1) is 11.6 Å². The fourth-order valence-corrected chi connectivity index (χ4v) is 1.97. The second-order valence-electron chi connectivity index (χ2n) is 4.09. The monoisotopic (exact) mass is 226 g/mol. The van der Waals surface area contributed by atoms with Crippen LogP contribution in [0.3, 0.4) is 0 Å². The van der Waals surface area contributed by atoms with Crippen molar-refractivity contribution in [2.45, 2.75) is 13.0 Å². The highest BCUT2D eigenvalue weighted by molar-refractivity contribution is 5.18. The standard InChI is InChI=1S/C12H16F2N2/c13-11-4-1-3-10(12(11)14)9-16-7-2-5-15-6-8-16/h1,3-4,15H,2,5-9H2. The molecule has 1 N–H and O–H groups in total. The molecule has 2 rings (SSSR count). The van der Waals surface area contributed by atoms with Crippen LogP contribution in [-0.2, 0) is 6.54 Å². The van der Waals surface area contributed by atoms with Gasteiger partial charge in [-0.2, -0.15) is 0 Å². The maximum absolute atomic E-state index is 13.4. The van der Waals surface area contributed by atoms with Gasteiger partial charge in [0.2, 0.25) is 0 Å². The molecule has 1 saturated heterocycles. The number of hydrogen-bond acceptors (Lipinski definition) is 2. The molecule has 0 aromatic heterocycles. The molecule has 0 aliphatic carbocycles. The number of nitrogens with zero attached hydrogens (tertiary/aromatic N) is 1. The average molecular weight is 226 g/mol. The van der Waals surface area contributed by atoms with Gasteiger partial charge in [-0.15, -0.1) is 0 Å². The molecule has 1 aromatic rings. The normalized spacial score (nSPS) is 18.4. The van der Waals surface area contributed by atoms with Gasteiger partial charge in [-0.3, -0.25) is 4.90 Å². The molecule has 4 heteroatoms. The molecule has 0 spiro atoms. The smallest absolute Gasteiger partial charge is 0.163 e. The largest absolute Gasteiger partial charge is 0.315 e. The minimum Gasteiger partial charge on any atom is -0.315 e. The molecule has 0 unspecified atom stereocenters. The quantitative estimate of drug-likeness (QED) is 0.826. The lowest BCUT2D eigenvalue weighted by atomic mass is 10.2. The van der Waals surface area contributed by atoms with Crippen molar-refractivity contribution in [3.8, 4) is 0 Å². The second-order valence-corrected chi connectivity index (χ2v) is 4.09. The van der Waals surface area contributed by atoms with Crippen molar-refractivity contribution in [1.29, 1.82) is 0 Å². The SMILES string of the molecule is Fc1cccc(CN2CCCNCC2)c1F. The molecular weight excluding hydrogens is 210 g/mol. The molecule has 1 aliphatic heterocycles. The van der Waals surface area contributed by atoms with Crippen LogP contribution in [0.15, 0.2) is 18.2 Å². The van der Waals surface area contributed by atoms with E-state index >= 15 is 0 Å². The first-order valence-corrected chi connectivity index (χ1v) is 5.63. The summed E-state index contributed by atoms with van der Waals surface area (Å²) in [4.78, 5) is 2.15. The Hall–Kier alpha value is -1.00. The first kappa shape index (κ1) is 11.5. The van der Waals surface area contributed by atoms with Crippen molar-refractivity contribution in [3.05, 3.63) is 35.4 Å². The highest BCUT2D eigenvalue weighted by Gasteiger charge is 2.13. The third kappa shape index (κ3) is 2.77. The molecule has 0 atom stereocenters. The van der Waals surface area contributed by atoms with E-state index in [0.717, 1.165) is 38.7 Å². The van der Waals surface area contributed by atoms with Crippen molar-refractivity contribution in [2.24, 2.45) is 0 Å². The van der Waals surface area contributed by atoms with Crippen LogP contribution in [0.5, 0.6) is 0 Å². The molecular formula is C12H16F2N2. The number of nitrogens with one attached hydrogen (secondary N) is 1. The van der Waals surface area contributed by atoms with Crippen LogP contribution < -0.4 is 5.32 Å². The van der Waals surface area contributed by atoms with Gasteiger partial charge in [0.25, 0.3) is 0 Å². The summed E-state index contributed by atoms with van der Waals surface area (Å²) >= 11 is 0. The summed E-state index contributed by atoms with van der Waals surface area (Å²) in [5.74, 6) is -1.47. The van der Waals surface area contributed by atoms with Crippen molar-refractivity contribution < 1.29 is 8.78 Å². The van der Waals surface area contributed by atoms with Gasteiger partial charge in [-0.05, 0) is 25.6 Å². The van der Waals surface area contributed by atoms with Gasteiger partial charge in [0.1, 0.15) is 0 Å². The summed E-state index contributed by atoms with van der Waals surface area (Å²) in [7, 11) is 0. The maximum Gasteiger partial charge on any atom is 0.163 e. The van der Waals surface area contributed by atoms with Crippen molar-refractivity contribution in [3.63, 3.8) is 0 Å². The first-order chi connectivity index (χ1) is 7.77. The van der Waals surface area contributed by atoms with Gasteiger partial charge in [-0.25, -0.2) is 8.78 Å². The summed E-state index contributed by atoms with van der Waals surface area (Å²) < 4.78 is 26.4. The predicted octanol–water partition coefficient (Wildman–Crippen LogP) is 1.76. The molecule has 1 heterocycles. The lowest BCUT2D eigenvalue weighted by Crippen LogP contribution is -2.28. The highest BCUT2D eigenvalue weighted by atomic mass is 19.2.